The lowest BCUT2D eigenvalue weighted by molar-refractivity contribution is -0.757. The molecule has 9 heteroatoms. The molecular formula is C25H35NO8. The zero-order chi connectivity index (χ0) is 25.3. The summed E-state index contributed by atoms with van der Waals surface area (Å²) in [7, 11) is 0. The van der Waals surface area contributed by atoms with Crippen molar-refractivity contribution in [2.75, 3.05) is 13.2 Å². The van der Waals surface area contributed by atoms with Crippen molar-refractivity contribution in [3.8, 4) is 11.5 Å². The molecule has 188 valence electrons. The van der Waals surface area contributed by atoms with Crippen molar-refractivity contribution in [2.45, 2.75) is 77.6 Å². The molecule has 0 aromatic heterocycles. The highest BCUT2D eigenvalue weighted by Crippen LogP contribution is 2.64. The Morgan fingerprint density at radius 2 is 1.74 bits per heavy atom. The first-order valence-corrected chi connectivity index (χ1v) is 11.9. The number of carbonyl (C=O) groups is 2. The second-order valence-corrected chi connectivity index (χ2v) is 10.7. The molecule has 4 rings (SSSR count). The Labute approximate surface area is 199 Å². The summed E-state index contributed by atoms with van der Waals surface area (Å²) in [4.78, 5) is 39.6. The summed E-state index contributed by atoms with van der Waals surface area (Å²) in [5.41, 5.74) is -0.435. The van der Waals surface area contributed by atoms with E-state index in [4.69, 9.17) is 4.74 Å². The molecule has 0 heterocycles. The molecule has 3 fully saturated rings. The predicted molar refractivity (Wildman–Crippen MR) is 123 cm³/mol. The van der Waals surface area contributed by atoms with Gasteiger partial charge < -0.3 is 19.8 Å². The van der Waals surface area contributed by atoms with Crippen LogP contribution in [0.4, 0.5) is 0 Å². The fourth-order valence-electron chi connectivity index (χ4n) is 5.52. The average molecular weight is 478 g/mol. The van der Waals surface area contributed by atoms with Crippen molar-refractivity contribution >= 4 is 11.8 Å². The Morgan fingerprint density at radius 1 is 1.15 bits per heavy atom. The van der Waals surface area contributed by atoms with E-state index in [0.29, 0.717) is 30.4 Å². The van der Waals surface area contributed by atoms with Gasteiger partial charge in [0.25, 0.3) is 5.09 Å². The molecule has 2 N–H and O–H groups in total. The molecule has 0 aliphatic heterocycles. The zero-order valence-corrected chi connectivity index (χ0v) is 20.3. The Hall–Kier alpha value is -2.84. The zero-order valence-electron chi connectivity index (χ0n) is 20.3. The van der Waals surface area contributed by atoms with Crippen LogP contribution in [0, 0.1) is 27.4 Å². The summed E-state index contributed by atoms with van der Waals surface area (Å²) in [5, 5.41) is 31.0. The maximum absolute atomic E-state index is 12.7. The molecule has 3 atom stereocenters. The van der Waals surface area contributed by atoms with Crippen LogP contribution in [-0.2, 0) is 24.6 Å². The van der Waals surface area contributed by atoms with Crippen molar-refractivity contribution in [2.24, 2.45) is 17.3 Å². The molecule has 0 amide bonds. The van der Waals surface area contributed by atoms with Gasteiger partial charge in [-0.2, -0.15) is 0 Å². The molecule has 2 bridgehead atoms. The van der Waals surface area contributed by atoms with Gasteiger partial charge in [-0.3, -0.25) is 9.59 Å². The van der Waals surface area contributed by atoms with Crippen molar-refractivity contribution < 1.29 is 34.5 Å². The quantitative estimate of drug-likeness (QED) is 0.207. The van der Waals surface area contributed by atoms with Crippen molar-refractivity contribution in [3.05, 3.63) is 33.4 Å². The number of rotatable bonds is 11. The first-order valence-electron chi connectivity index (χ1n) is 11.9. The third kappa shape index (κ3) is 4.98. The largest absolute Gasteiger partial charge is 0.508 e. The third-order valence-corrected chi connectivity index (χ3v) is 7.85. The number of benzene rings is 1. The number of unbranched alkanes of at least 4 members (excludes halogenated alkanes) is 3. The second-order valence-electron chi connectivity index (χ2n) is 10.7. The van der Waals surface area contributed by atoms with Gasteiger partial charge in [0.15, 0.2) is 0 Å². The first-order chi connectivity index (χ1) is 15.9. The minimum atomic E-state index is -1.10. The molecule has 0 radical (unpaired) electrons. The number of carbonyl (C=O) groups excluding carboxylic acids is 2. The van der Waals surface area contributed by atoms with Crippen LogP contribution in [0.1, 0.15) is 83.3 Å². The smallest absolute Gasteiger partial charge is 0.315 e. The number of hydrogen-bond donors (Lipinski definition) is 2. The predicted octanol–water partition coefficient (Wildman–Crippen LogP) is 4.41. The molecule has 1 aromatic carbocycles. The number of hydrogen-bond acceptors (Lipinski definition) is 8. The van der Waals surface area contributed by atoms with Gasteiger partial charge in [0.1, 0.15) is 17.3 Å². The van der Waals surface area contributed by atoms with Crippen LogP contribution in [0.15, 0.2) is 12.1 Å². The normalized spacial score (nSPS) is 23.2. The number of phenols is 2. The summed E-state index contributed by atoms with van der Waals surface area (Å²) in [5.74, 6) is -0.491. The number of esters is 1. The minimum absolute atomic E-state index is 0.0522. The summed E-state index contributed by atoms with van der Waals surface area (Å²) >= 11 is 0. The molecule has 9 nitrogen and oxygen atoms in total. The monoisotopic (exact) mass is 477 g/mol. The number of nitrogens with zero attached hydrogens (tertiary/aromatic N) is 1. The van der Waals surface area contributed by atoms with Crippen LogP contribution in [0.25, 0.3) is 0 Å². The highest BCUT2D eigenvalue weighted by atomic mass is 16.9. The molecule has 3 saturated carbocycles. The van der Waals surface area contributed by atoms with Gasteiger partial charge in [0.2, 0.25) is 0 Å². The van der Waals surface area contributed by atoms with Crippen molar-refractivity contribution in [3.63, 3.8) is 0 Å². The number of fused-ring (bicyclic) bond motifs is 2. The van der Waals surface area contributed by atoms with E-state index in [1.165, 1.54) is 12.1 Å². The molecule has 0 spiro atoms. The lowest BCUT2D eigenvalue weighted by Crippen LogP contribution is -2.56. The Bertz CT molecular complexity index is 931. The van der Waals surface area contributed by atoms with E-state index in [9.17, 15) is 29.9 Å². The molecule has 1 aromatic rings. The highest BCUT2D eigenvalue weighted by molar-refractivity contribution is 5.86. The number of Topliss-reactive ketones (excluding diaryl/α,β-unsaturated/α-hetero) is 1. The molecule has 0 saturated heterocycles. The van der Waals surface area contributed by atoms with Crippen LogP contribution in [-0.4, -0.2) is 40.3 Å². The molecule has 3 aliphatic rings. The lowest BCUT2D eigenvalue weighted by atomic mass is 9.44. The number of phenolic OH excluding ortho intramolecular Hbond substituents is 2. The summed E-state index contributed by atoms with van der Waals surface area (Å²) in [6.07, 6.45) is 3.71. The topological polar surface area (TPSA) is 136 Å². The summed E-state index contributed by atoms with van der Waals surface area (Å²) in [6, 6.07) is 2.99. The van der Waals surface area contributed by atoms with Crippen molar-refractivity contribution in [1.82, 2.24) is 0 Å². The van der Waals surface area contributed by atoms with E-state index in [0.717, 1.165) is 19.3 Å². The van der Waals surface area contributed by atoms with Gasteiger partial charge in [0.05, 0.1) is 18.6 Å². The summed E-state index contributed by atoms with van der Waals surface area (Å²) in [6.45, 7) is 7.73. The number of aromatic hydroxyl groups is 2. The van der Waals surface area contributed by atoms with Gasteiger partial charge in [-0.15, -0.1) is 10.1 Å². The maximum atomic E-state index is 12.7. The number of ether oxygens (including phenoxy) is 1. The SMILES string of the molecule is CC(C)(C(=O)OCCCCCCO[N+](=O)[O-])c1cc(O)c([C@@H]2CC(=O)[C@@H]3C[C@H]2C3(C)C)c(O)c1. The van der Waals surface area contributed by atoms with E-state index in [1.54, 1.807) is 13.8 Å². The average Bonchev–Trinajstić information content (AvgIpc) is 2.73. The molecule has 3 aliphatic carbocycles. The van der Waals surface area contributed by atoms with Gasteiger partial charge in [0, 0.05) is 23.8 Å². The summed E-state index contributed by atoms with van der Waals surface area (Å²) < 4.78 is 5.41. The highest BCUT2D eigenvalue weighted by Gasteiger charge is 2.59. The molecule has 0 unspecified atom stereocenters. The second kappa shape index (κ2) is 9.80. The first kappa shape index (κ1) is 25.8. The standard InChI is InChI=1S/C25H35NO8/c1-24(2,23(30)33-9-7-5-6-8-10-34-26(31)32)15-11-20(28)22(21(29)12-15)16-13-19(27)18-14-17(16)25(18,3)4/h11-12,16-18,28-29H,5-10,13-14H2,1-4H3/t16-,17-,18+/m1/s1. The third-order valence-electron chi connectivity index (χ3n) is 7.85. The van der Waals surface area contributed by atoms with Gasteiger partial charge in [-0.25, -0.2) is 0 Å². The van der Waals surface area contributed by atoms with Crippen LogP contribution < -0.4 is 0 Å². The van der Waals surface area contributed by atoms with Gasteiger partial charge >= 0.3 is 5.97 Å². The Balaban J connectivity index is 1.60. The molecule has 34 heavy (non-hydrogen) atoms. The van der Waals surface area contributed by atoms with Crippen LogP contribution in [0.2, 0.25) is 0 Å². The fraction of sp³-hybridized carbons (Fsp3) is 0.680. The minimum Gasteiger partial charge on any atom is -0.508 e. The van der Waals surface area contributed by atoms with E-state index in [-0.39, 0.29) is 53.7 Å². The van der Waals surface area contributed by atoms with E-state index >= 15 is 0 Å². The Morgan fingerprint density at radius 3 is 2.26 bits per heavy atom. The van der Waals surface area contributed by atoms with Crippen LogP contribution in [0.5, 0.6) is 11.5 Å². The fourth-order valence-corrected chi connectivity index (χ4v) is 5.52. The maximum Gasteiger partial charge on any atom is 0.315 e. The van der Waals surface area contributed by atoms with Gasteiger partial charge in [-0.05, 0) is 68.6 Å². The Kier molecular flexibility index (Phi) is 7.43. The van der Waals surface area contributed by atoms with Crippen molar-refractivity contribution in [1.29, 1.82) is 0 Å². The lowest BCUT2D eigenvalue weighted by Gasteiger charge is -2.59. The van der Waals surface area contributed by atoms with E-state index in [1.807, 2.05) is 0 Å². The number of ketones is 1. The van der Waals surface area contributed by atoms with E-state index in [2.05, 4.69) is 18.7 Å². The van der Waals surface area contributed by atoms with Crippen LogP contribution in [0.3, 0.4) is 0 Å². The van der Waals surface area contributed by atoms with Crippen LogP contribution >= 0.6 is 0 Å². The molecular weight excluding hydrogens is 442 g/mol. The van der Waals surface area contributed by atoms with E-state index < -0.39 is 16.5 Å². The van der Waals surface area contributed by atoms with Gasteiger partial charge in [-0.1, -0.05) is 20.3 Å².